The summed E-state index contributed by atoms with van der Waals surface area (Å²) in [6.07, 6.45) is 6.90. The van der Waals surface area contributed by atoms with E-state index in [0.29, 0.717) is 23.5 Å². The number of hydrogen-bond donors (Lipinski definition) is 1. The molecule has 5 nitrogen and oxygen atoms in total. The Morgan fingerprint density at radius 3 is 2.58 bits per heavy atom. The number of hydrogen-bond acceptors (Lipinski definition) is 3. The van der Waals surface area contributed by atoms with Crippen LogP contribution in [0.1, 0.15) is 58.4 Å². The van der Waals surface area contributed by atoms with Gasteiger partial charge in [0.1, 0.15) is 11.6 Å². The number of rotatable bonds is 4. The Hall–Kier alpha value is -3.38. The van der Waals surface area contributed by atoms with Crippen molar-refractivity contribution in [2.24, 2.45) is 5.41 Å². The summed E-state index contributed by atoms with van der Waals surface area (Å²) in [5.41, 5.74) is 3.29. The molecule has 3 aromatic carbocycles. The molecule has 2 aliphatic rings. The maximum Gasteiger partial charge on any atom is 0.258 e. The number of halogens is 2. The maximum absolute atomic E-state index is 13.7. The van der Waals surface area contributed by atoms with Crippen LogP contribution in [0.4, 0.5) is 15.8 Å². The summed E-state index contributed by atoms with van der Waals surface area (Å²) >= 11 is 6.07. The number of ether oxygens (including phenoxy) is 1. The van der Waals surface area contributed by atoms with Crippen molar-refractivity contribution in [1.82, 2.24) is 0 Å². The van der Waals surface area contributed by atoms with Gasteiger partial charge in [-0.1, -0.05) is 42.6 Å². The zero-order valence-corrected chi connectivity index (χ0v) is 20.9. The molecular formula is C29H28ClFN2O3. The monoisotopic (exact) mass is 506 g/mol. The Balaban J connectivity index is 1.41. The van der Waals surface area contributed by atoms with E-state index in [0.717, 1.165) is 24.6 Å². The number of carbonyl (C=O) groups is 2. The number of benzene rings is 3. The molecule has 186 valence electrons. The fourth-order valence-corrected chi connectivity index (χ4v) is 5.80. The van der Waals surface area contributed by atoms with Crippen LogP contribution in [-0.4, -0.2) is 25.5 Å². The normalized spacial score (nSPS) is 16.4. The van der Waals surface area contributed by atoms with Gasteiger partial charge in [0.15, 0.2) is 0 Å². The van der Waals surface area contributed by atoms with Crippen LogP contribution in [0.5, 0.6) is 5.75 Å². The van der Waals surface area contributed by atoms with E-state index in [1.165, 1.54) is 50.5 Å². The van der Waals surface area contributed by atoms with Gasteiger partial charge in [-0.25, -0.2) is 4.39 Å². The van der Waals surface area contributed by atoms with Crippen molar-refractivity contribution < 1.29 is 18.7 Å². The van der Waals surface area contributed by atoms with E-state index < -0.39 is 11.7 Å². The lowest BCUT2D eigenvalue weighted by molar-refractivity contribution is 0.0983. The first-order valence-electron chi connectivity index (χ1n) is 12.2. The molecule has 0 atom stereocenters. The third kappa shape index (κ3) is 4.70. The van der Waals surface area contributed by atoms with Gasteiger partial charge in [0.05, 0.1) is 23.4 Å². The number of nitrogens with zero attached hydrogens (tertiary/aromatic N) is 1. The van der Waals surface area contributed by atoms with Gasteiger partial charge in [-0.2, -0.15) is 0 Å². The molecule has 1 spiro atoms. The first-order valence-corrected chi connectivity index (χ1v) is 12.6. The molecule has 0 unspecified atom stereocenters. The summed E-state index contributed by atoms with van der Waals surface area (Å²) in [6, 6.07) is 16.7. The summed E-state index contributed by atoms with van der Waals surface area (Å²) in [6.45, 7) is 0.661. The molecule has 1 aliphatic carbocycles. The van der Waals surface area contributed by atoms with E-state index in [9.17, 15) is 14.0 Å². The van der Waals surface area contributed by atoms with Gasteiger partial charge in [-0.3, -0.25) is 9.59 Å². The number of nitrogens with one attached hydrogen (secondary N) is 1. The molecule has 2 amide bonds. The molecule has 0 bridgehead atoms. The third-order valence-corrected chi connectivity index (χ3v) is 7.82. The minimum absolute atomic E-state index is 0.0147. The van der Waals surface area contributed by atoms with Crippen molar-refractivity contribution >= 4 is 34.8 Å². The lowest BCUT2D eigenvalue weighted by Gasteiger charge is -2.27. The Morgan fingerprint density at radius 2 is 1.81 bits per heavy atom. The number of methoxy groups -OCH3 is 1. The molecule has 0 radical (unpaired) electrons. The zero-order chi connectivity index (χ0) is 25.3. The molecule has 0 saturated heterocycles. The molecule has 7 heteroatoms. The van der Waals surface area contributed by atoms with Crippen molar-refractivity contribution in [1.29, 1.82) is 0 Å². The minimum Gasteiger partial charge on any atom is -0.495 e. The number of amides is 2. The Kier molecular flexibility index (Phi) is 6.71. The smallest absolute Gasteiger partial charge is 0.258 e. The Labute approximate surface area is 215 Å². The van der Waals surface area contributed by atoms with Crippen molar-refractivity contribution in [2.75, 3.05) is 23.9 Å². The highest BCUT2D eigenvalue weighted by molar-refractivity contribution is 6.34. The number of carbonyl (C=O) groups excluding carboxylic acids is 2. The second-order valence-corrected chi connectivity index (χ2v) is 10.1. The molecule has 1 heterocycles. The second kappa shape index (κ2) is 9.94. The molecule has 1 aliphatic heterocycles. The zero-order valence-electron chi connectivity index (χ0n) is 20.2. The van der Waals surface area contributed by atoms with Crippen LogP contribution in [0.25, 0.3) is 0 Å². The summed E-state index contributed by atoms with van der Waals surface area (Å²) in [5, 5.41) is 2.85. The standard InChI is InChI=1S/C29H28ClFN2O3/c1-36-26-16-19(8-11-24(26)32-27(34)22-17-21(31)9-10-23(22)30)28(35)33-15-14-29(12-4-5-13-29)18-20-6-2-3-7-25(20)33/h2-3,6-11,16-17H,4-5,12-15,18H2,1H3,(H,32,34). The van der Waals surface area contributed by atoms with Crippen molar-refractivity contribution in [2.45, 2.75) is 38.5 Å². The highest BCUT2D eigenvalue weighted by atomic mass is 35.5. The largest absolute Gasteiger partial charge is 0.495 e. The molecule has 1 fully saturated rings. The van der Waals surface area contributed by atoms with E-state index in [2.05, 4.69) is 11.4 Å². The van der Waals surface area contributed by atoms with Gasteiger partial charge in [0, 0.05) is 17.8 Å². The average molecular weight is 507 g/mol. The Morgan fingerprint density at radius 1 is 1.03 bits per heavy atom. The molecule has 1 saturated carbocycles. The lowest BCUT2D eigenvalue weighted by atomic mass is 9.78. The lowest BCUT2D eigenvalue weighted by Crippen LogP contribution is -2.33. The second-order valence-electron chi connectivity index (χ2n) is 9.71. The molecule has 5 rings (SSSR count). The summed E-state index contributed by atoms with van der Waals surface area (Å²) in [4.78, 5) is 28.4. The summed E-state index contributed by atoms with van der Waals surface area (Å²) in [5.74, 6) is -0.909. The highest BCUT2D eigenvalue weighted by Crippen LogP contribution is 2.47. The van der Waals surface area contributed by atoms with Gasteiger partial charge in [0.25, 0.3) is 11.8 Å². The molecule has 1 N–H and O–H groups in total. The van der Waals surface area contributed by atoms with E-state index in [-0.39, 0.29) is 21.9 Å². The van der Waals surface area contributed by atoms with Gasteiger partial charge in [-0.15, -0.1) is 0 Å². The fourth-order valence-electron chi connectivity index (χ4n) is 5.59. The number of fused-ring (bicyclic) bond motifs is 1. The van der Waals surface area contributed by atoms with Gasteiger partial charge < -0.3 is 15.0 Å². The summed E-state index contributed by atoms with van der Waals surface area (Å²) in [7, 11) is 1.47. The molecule has 3 aromatic rings. The van der Waals surface area contributed by atoms with Crippen LogP contribution in [0.2, 0.25) is 5.02 Å². The average Bonchev–Trinajstić information content (AvgIpc) is 3.27. The quantitative estimate of drug-likeness (QED) is 0.419. The first kappa shape index (κ1) is 24.3. The van der Waals surface area contributed by atoms with E-state index in [1.807, 2.05) is 23.1 Å². The molecular weight excluding hydrogens is 479 g/mol. The first-order chi connectivity index (χ1) is 17.4. The van der Waals surface area contributed by atoms with E-state index in [4.69, 9.17) is 16.3 Å². The number of anilines is 2. The van der Waals surface area contributed by atoms with Crippen LogP contribution in [-0.2, 0) is 6.42 Å². The van der Waals surface area contributed by atoms with Crippen LogP contribution in [0.3, 0.4) is 0 Å². The van der Waals surface area contributed by atoms with E-state index in [1.54, 1.807) is 18.2 Å². The SMILES string of the molecule is COc1cc(C(=O)N2CCC3(CCCC3)Cc3ccccc32)ccc1NC(=O)c1cc(F)ccc1Cl. The maximum atomic E-state index is 13.7. The van der Waals surface area contributed by atoms with Gasteiger partial charge >= 0.3 is 0 Å². The summed E-state index contributed by atoms with van der Waals surface area (Å²) < 4.78 is 19.1. The molecule has 0 aromatic heterocycles. The van der Waals surface area contributed by atoms with Gasteiger partial charge in [0.2, 0.25) is 0 Å². The van der Waals surface area contributed by atoms with E-state index >= 15 is 0 Å². The van der Waals surface area contributed by atoms with Crippen LogP contribution in [0.15, 0.2) is 60.7 Å². The third-order valence-electron chi connectivity index (χ3n) is 7.49. The predicted molar refractivity (Wildman–Crippen MR) is 140 cm³/mol. The minimum atomic E-state index is -0.569. The molecule has 36 heavy (non-hydrogen) atoms. The fraction of sp³-hybridized carbons (Fsp3) is 0.310. The van der Waals surface area contributed by atoms with Crippen molar-refractivity contribution in [3.05, 3.63) is 88.2 Å². The highest BCUT2D eigenvalue weighted by Gasteiger charge is 2.38. The Bertz CT molecular complexity index is 1320. The van der Waals surface area contributed by atoms with Crippen molar-refractivity contribution in [3.63, 3.8) is 0 Å². The predicted octanol–water partition coefficient (Wildman–Crippen LogP) is 6.89. The number of para-hydroxylation sites is 1. The van der Waals surface area contributed by atoms with Crippen molar-refractivity contribution in [3.8, 4) is 5.75 Å². The van der Waals surface area contributed by atoms with Crippen LogP contribution in [0, 0.1) is 11.2 Å². The van der Waals surface area contributed by atoms with Crippen LogP contribution < -0.4 is 15.0 Å². The van der Waals surface area contributed by atoms with Crippen LogP contribution >= 0.6 is 11.6 Å². The van der Waals surface area contributed by atoms with Gasteiger partial charge in [-0.05, 0) is 79.1 Å². The topological polar surface area (TPSA) is 58.6 Å².